The fourth-order valence-corrected chi connectivity index (χ4v) is 5.55. The average Bonchev–Trinajstić information content (AvgIpc) is 2.86. The first-order chi connectivity index (χ1) is 16.2. The Kier molecular flexibility index (Phi) is 8.37. The SMILES string of the molecule is C=CCCc1ccc(-c2ccc3cc(C4CCC(CCCCCC)CC4)ccc3c2F)cc1. The predicted molar refractivity (Wildman–Crippen MR) is 141 cm³/mol. The third-order valence-electron chi connectivity index (χ3n) is 7.66. The van der Waals surface area contributed by atoms with Crippen LogP contribution in [0.15, 0.2) is 67.3 Å². The van der Waals surface area contributed by atoms with E-state index in [4.69, 9.17) is 0 Å². The van der Waals surface area contributed by atoms with E-state index in [-0.39, 0.29) is 5.82 Å². The molecule has 3 aromatic carbocycles. The molecule has 0 radical (unpaired) electrons. The van der Waals surface area contributed by atoms with Crippen molar-refractivity contribution in [1.82, 2.24) is 0 Å². The van der Waals surface area contributed by atoms with Crippen LogP contribution in [0.5, 0.6) is 0 Å². The number of hydrogen-bond acceptors (Lipinski definition) is 0. The molecule has 0 aromatic heterocycles. The number of rotatable bonds is 10. The molecule has 1 aliphatic carbocycles. The molecule has 3 aromatic rings. The molecule has 0 unspecified atom stereocenters. The second-order valence-electron chi connectivity index (χ2n) is 10.00. The lowest BCUT2D eigenvalue weighted by Crippen LogP contribution is -2.13. The summed E-state index contributed by atoms with van der Waals surface area (Å²) >= 11 is 0. The summed E-state index contributed by atoms with van der Waals surface area (Å²) in [6.07, 6.45) is 16.1. The standard InChI is InChI=1S/C32H39F/c1-3-5-7-8-10-25-11-15-26(16-12-25)28-19-21-31-29(23-28)20-22-30(32(31)33)27-17-13-24(14-18-27)9-6-4-2/h4,13-14,17-23,25-26H,2-3,5-12,15-16H2,1H3. The number of hydrogen-bond donors (Lipinski definition) is 0. The maximum absolute atomic E-state index is 15.4. The Bertz CT molecular complexity index is 1040. The van der Waals surface area contributed by atoms with Gasteiger partial charge in [-0.25, -0.2) is 4.39 Å². The van der Waals surface area contributed by atoms with Crippen LogP contribution in [0, 0.1) is 11.7 Å². The van der Waals surface area contributed by atoms with Crippen molar-refractivity contribution >= 4 is 10.8 Å². The van der Waals surface area contributed by atoms with E-state index in [0.29, 0.717) is 11.5 Å². The lowest BCUT2D eigenvalue weighted by atomic mass is 9.76. The molecule has 33 heavy (non-hydrogen) atoms. The second-order valence-corrected chi connectivity index (χ2v) is 10.00. The van der Waals surface area contributed by atoms with Crippen molar-refractivity contribution in [3.05, 3.63) is 84.2 Å². The van der Waals surface area contributed by atoms with Crippen molar-refractivity contribution in [3.63, 3.8) is 0 Å². The van der Waals surface area contributed by atoms with Gasteiger partial charge in [0.2, 0.25) is 0 Å². The van der Waals surface area contributed by atoms with Crippen LogP contribution in [0.1, 0.15) is 88.2 Å². The van der Waals surface area contributed by atoms with Gasteiger partial charge in [0.15, 0.2) is 0 Å². The second kappa shape index (κ2) is 11.6. The van der Waals surface area contributed by atoms with Crippen molar-refractivity contribution in [2.75, 3.05) is 0 Å². The van der Waals surface area contributed by atoms with Gasteiger partial charge in [0.25, 0.3) is 0 Å². The zero-order chi connectivity index (χ0) is 23.0. The highest BCUT2D eigenvalue weighted by atomic mass is 19.1. The summed E-state index contributed by atoms with van der Waals surface area (Å²) in [7, 11) is 0. The highest BCUT2D eigenvalue weighted by Crippen LogP contribution is 2.39. The van der Waals surface area contributed by atoms with Crippen LogP contribution in [0.4, 0.5) is 4.39 Å². The number of halogens is 1. The van der Waals surface area contributed by atoms with E-state index >= 15 is 4.39 Å². The van der Waals surface area contributed by atoms with Gasteiger partial charge in [0.05, 0.1) is 0 Å². The van der Waals surface area contributed by atoms with E-state index < -0.39 is 0 Å². The van der Waals surface area contributed by atoms with Gasteiger partial charge in [-0.3, -0.25) is 0 Å². The molecule has 0 saturated heterocycles. The molecule has 0 nitrogen and oxygen atoms in total. The molecular weight excluding hydrogens is 403 g/mol. The Hall–Kier alpha value is -2.41. The summed E-state index contributed by atoms with van der Waals surface area (Å²) in [5.41, 5.74) is 4.29. The molecule has 0 N–H and O–H groups in total. The van der Waals surface area contributed by atoms with Crippen LogP contribution in [0.25, 0.3) is 21.9 Å². The maximum atomic E-state index is 15.4. The minimum absolute atomic E-state index is 0.103. The Balaban J connectivity index is 1.43. The number of fused-ring (bicyclic) bond motifs is 1. The molecule has 1 aliphatic rings. The minimum Gasteiger partial charge on any atom is -0.206 e. The maximum Gasteiger partial charge on any atom is 0.138 e. The summed E-state index contributed by atoms with van der Waals surface area (Å²) in [4.78, 5) is 0. The molecule has 0 heterocycles. The molecule has 1 heteroatoms. The molecular formula is C32H39F. The first-order valence-electron chi connectivity index (χ1n) is 13.1. The summed E-state index contributed by atoms with van der Waals surface area (Å²) < 4.78 is 15.4. The molecule has 4 rings (SSSR count). The van der Waals surface area contributed by atoms with E-state index in [1.54, 1.807) is 0 Å². The van der Waals surface area contributed by atoms with E-state index in [1.807, 2.05) is 30.3 Å². The van der Waals surface area contributed by atoms with Crippen molar-refractivity contribution in [1.29, 1.82) is 0 Å². The molecule has 1 fully saturated rings. The third-order valence-corrected chi connectivity index (χ3v) is 7.66. The van der Waals surface area contributed by atoms with Crippen molar-refractivity contribution in [2.45, 2.75) is 83.5 Å². The minimum atomic E-state index is -0.103. The molecule has 0 spiro atoms. The molecule has 1 saturated carbocycles. The van der Waals surface area contributed by atoms with Crippen molar-refractivity contribution in [3.8, 4) is 11.1 Å². The van der Waals surface area contributed by atoms with Crippen LogP contribution in [-0.4, -0.2) is 0 Å². The lowest BCUT2D eigenvalue weighted by Gasteiger charge is -2.29. The zero-order valence-corrected chi connectivity index (χ0v) is 20.3. The summed E-state index contributed by atoms with van der Waals surface area (Å²) in [5, 5.41) is 1.76. The summed E-state index contributed by atoms with van der Waals surface area (Å²) in [6.45, 7) is 6.07. The van der Waals surface area contributed by atoms with Crippen LogP contribution in [0.3, 0.4) is 0 Å². The lowest BCUT2D eigenvalue weighted by molar-refractivity contribution is 0.302. The fourth-order valence-electron chi connectivity index (χ4n) is 5.55. The van der Waals surface area contributed by atoms with Gasteiger partial charge < -0.3 is 0 Å². The molecule has 0 atom stereocenters. The van der Waals surface area contributed by atoms with Gasteiger partial charge in [-0.1, -0.05) is 99.7 Å². The van der Waals surface area contributed by atoms with Crippen LogP contribution in [-0.2, 0) is 6.42 Å². The van der Waals surface area contributed by atoms with Crippen LogP contribution < -0.4 is 0 Å². The van der Waals surface area contributed by atoms with E-state index in [1.165, 1.54) is 68.9 Å². The van der Waals surface area contributed by atoms with Gasteiger partial charge in [-0.05, 0) is 72.4 Å². The molecule has 0 bridgehead atoms. The molecule has 0 amide bonds. The van der Waals surface area contributed by atoms with E-state index in [9.17, 15) is 0 Å². The summed E-state index contributed by atoms with van der Waals surface area (Å²) in [6, 6.07) is 18.8. The van der Waals surface area contributed by atoms with Gasteiger partial charge in [-0.2, -0.15) is 0 Å². The quantitative estimate of drug-likeness (QED) is 0.216. The van der Waals surface area contributed by atoms with Gasteiger partial charge >= 0.3 is 0 Å². The topological polar surface area (TPSA) is 0 Å². The van der Waals surface area contributed by atoms with Gasteiger partial charge in [0, 0.05) is 10.9 Å². The Labute approximate surface area is 199 Å². The normalized spacial score (nSPS) is 18.5. The summed E-state index contributed by atoms with van der Waals surface area (Å²) in [5.74, 6) is 1.45. The zero-order valence-electron chi connectivity index (χ0n) is 20.3. The Morgan fingerprint density at radius 2 is 1.70 bits per heavy atom. The number of aryl methyl sites for hydroxylation is 1. The Morgan fingerprint density at radius 3 is 2.42 bits per heavy atom. The van der Waals surface area contributed by atoms with Crippen LogP contribution >= 0.6 is 0 Å². The smallest absolute Gasteiger partial charge is 0.138 e. The molecule has 174 valence electrons. The largest absolute Gasteiger partial charge is 0.206 e. The van der Waals surface area contributed by atoms with Gasteiger partial charge in [-0.15, -0.1) is 6.58 Å². The van der Waals surface area contributed by atoms with E-state index in [0.717, 1.165) is 35.1 Å². The monoisotopic (exact) mass is 442 g/mol. The first kappa shape index (κ1) is 23.7. The predicted octanol–water partition coefficient (Wildman–Crippen LogP) is 10.0. The first-order valence-corrected chi connectivity index (χ1v) is 13.1. The third kappa shape index (κ3) is 5.94. The Morgan fingerprint density at radius 1 is 0.909 bits per heavy atom. The highest BCUT2D eigenvalue weighted by Gasteiger charge is 2.22. The highest BCUT2D eigenvalue weighted by molar-refractivity contribution is 5.89. The van der Waals surface area contributed by atoms with E-state index in [2.05, 4.69) is 43.8 Å². The van der Waals surface area contributed by atoms with Crippen molar-refractivity contribution in [2.24, 2.45) is 5.92 Å². The number of benzene rings is 3. The average molecular weight is 443 g/mol. The fraction of sp³-hybridized carbons (Fsp3) is 0.438. The number of unbranched alkanes of at least 4 members (excludes halogenated alkanes) is 3. The van der Waals surface area contributed by atoms with Gasteiger partial charge in [0.1, 0.15) is 5.82 Å². The van der Waals surface area contributed by atoms with Crippen molar-refractivity contribution < 1.29 is 4.39 Å². The molecule has 0 aliphatic heterocycles. The van der Waals surface area contributed by atoms with Crippen LogP contribution in [0.2, 0.25) is 0 Å². The number of allylic oxidation sites excluding steroid dienone is 1.